The van der Waals surface area contributed by atoms with E-state index in [-0.39, 0.29) is 18.1 Å². The first kappa shape index (κ1) is 15.8. The van der Waals surface area contributed by atoms with Gasteiger partial charge in [-0.3, -0.25) is 9.48 Å². The quantitative estimate of drug-likeness (QED) is 0.918. The summed E-state index contributed by atoms with van der Waals surface area (Å²) in [5, 5.41) is 7.31. The van der Waals surface area contributed by atoms with Crippen LogP contribution in [0, 0.1) is 6.92 Å². The average Bonchev–Trinajstić information content (AvgIpc) is 3.14. The minimum atomic E-state index is -0.118. The second-order valence-electron chi connectivity index (χ2n) is 6.07. The number of aromatic nitrogens is 2. The Morgan fingerprint density at radius 1 is 1.48 bits per heavy atom. The molecule has 1 aliphatic heterocycles. The fourth-order valence-electron chi connectivity index (χ4n) is 2.98. The van der Waals surface area contributed by atoms with Gasteiger partial charge < -0.3 is 14.5 Å². The summed E-state index contributed by atoms with van der Waals surface area (Å²) in [4.78, 5) is 12.2. The number of carbonyl (C=O) groups excluding carboxylic acids is 1. The standard InChI is InChI=1S/C17H23N3O3/c1-12-5-6-14(23-12)7-8-16(21)19-15-4-3-9-22-17(15)13-10-18-20(2)11-13/h5-6,10-11,15,17H,3-4,7-9H2,1-2H3,(H,19,21)/t15-,17+/m0/s1. The molecule has 0 radical (unpaired) electrons. The molecular formula is C17H23N3O3. The monoisotopic (exact) mass is 317 g/mol. The normalized spacial score (nSPS) is 21.3. The summed E-state index contributed by atoms with van der Waals surface area (Å²) in [6, 6.07) is 3.84. The Kier molecular flexibility index (Phi) is 4.81. The number of rotatable bonds is 5. The van der Waals surface area contributed by atoms with Crippen LogP contribution < -0.4 is 5.32 Å². The van der Waals surface area contributed by atoms with Crippen molar-refractivity contribution in [1.29, 1.82) is 0 Å². The number of nitrogens with zero attached hydrogens (tertiary/aromatic N) is 2. The molecule has 0 bridgehead atoms. The van der Waals surface area contributed by atoms with Crippen LogP contribution in [0.4, 0.5) is 0 Å². The summed E-state index contributed by atoms with van der Waals surface area (Å²) < 4.78 is 13.1. The second kappa shape index (κ2) is 7.00. The van der Waals surface area contributed by atoms with Crippen molar-refractivity contribution in [2.45, 2.75) is 44.8 Å². The van der Waals surface area contributed by atoms with Gasteiger partial charge in [0, 0.05) is 38.3 Å². The Hall–Kier alpha value is -2.08. The molecule has 2 aromatic heterocycles. The lowest BCUT2D eigenvalue weighted by molar-refractivity contribution is -0.124. The molecule has 1 amide bonds. The predicted molar refractivity (Wildman–Crippen MR) is 84.8 cm³/mol. The molecule has 3 rings (SSSR count). The highest BCUT2D eigenvalue weighted by Crippen LogP contribution is 2.28. The van der Waals surface area contributed by atoms with Crippen LogP contribution in [0.15, 0.2) is 28.9 Å². The summed E-state index contributed by atoms with van der Waals surface area (Å²) >= 11 is 0. The third kappa shape index (κ3) is 4.01. The maximum atomic E-state index is 12.2. The van der Waals surface area contributed by atoms with E-state index in [4.69, 9.17) is 9.15 Å². The van der Waals surface area contributed by atoms with Gasteiger partial charge in [0.1, 0.15) is 17.6 Å². The van der Waals surface area contributed by atoms with Crippen molar-refractivity contribution in [2.24, 2.45) is 7.05 Å². The molecule has 1 aliphatic rings. The highest BCUT2D eigenvalue weighted by Gasteiger charge is 2.29. The van der Waals surface area contributed by atoms with Gasteiger partial charge in [-0.1, -0.05) is 0 Å². The van der Waals surface area contributed by atoms with Crippen molar-refractivity contribution >= 4 is 5.91 Å². The number of nitrogens with one attached hydrogen (secondary N) is 1. The lowest BCUT2D eigenvalue weighted by Crippen LogP contribution is -2.42. The van der Waals surface area contributed by atoms with E-state index in [0.717, 1.165) is 36.5 Å². The zero-order valence-corrected chi connectivity index (χ0v) is 13.6. The molecular weight excluding hydrogens is 294 g/mol. The first-order valence-corrected chi connectivity index (χ1v) is 8.06. The number of hydrogen-bond donors (Lipinski definition) is 1. The third-order valence-corrected chi connectivity index (χ3v) is 4.12. The number of aryl methyl sites for hydroxylation is 3. The molecule has 1 fully saturated rings. The summed E-state index contributed by atoms with van der Waals surface area (Å²) in [6.07, 6.45) is 6.55. The summed E-state index contributed by atoms with van der Waals surface area (Å²) in [7, 11) is 1.88. The van der Waals surface area contributed by atoms with Crippen molar-refractivity contribution in [3.63, 3.8) is 0 Å². The largest absolute Gasteiger partial charge is 0.466 e. The van der Waals surface area contributed by atoms with Gasteiger partial charge in [0.2, 0.25) is 5.91 Å². The second-order valence-corrected chi connectivity index (χ2v) is 6.07. The average molecular weight is 317 g/mol. The number of ether oxygens (including phenoxy) is 1. The SMILES string of the molecule is Cc1ccc(CCC(=O)N[C@H]2CCCO[C@@H]2c2cnn(C)c2)o1. The van der Waals surface area contributed by atoms with Gasteiger partial charge in [0.15, 0.2) is 0 Å². The molecule has 0 unspecified atom stereocenters. The van der Waals surface area contributed by atoms with Crippen molar-refractivity contribution < 1.29 is 13.9 Å². The summed E-state index contributed by atoms with van der Waals surface area (Å²) in [6.45, 7) is 2.62. The molecule has 1 N–H and O–H groups in total. The van der Waals surface area contributed by atoms with Crippen LogP contribution >= 0.6 is 0 Å². The van der Waals surface area contributed by atoms with Crippen LogP contribution in [0.5, 0.6) is 0 Å². The lowest BCUT2D eigenvalue weighted by atomic mass is 9.98. The van der Waals surface area contributed by atoms with E-state index in [1.54, 1.807) is 10.9 Å². The van der Waals surface area contributed by atoms with Gasteiger partial charge in [-0.25, -0.2) is 0 Å². The maximum Gasteiger partial charge on any atom is 0.220 e. The maximum absolute atomic E-state index is 12.2. The highest BCUT2D eigenvalue weighted by molar-refractivity contribution is 5.76. The zero-order chi connectivity index (χ0) is 16.2. The highest BCUT2D eigenvalue weighted by atomic mass is 16.5. The van der Waals surface area contributed by atoms with Crippen molar-refractivity contribution in [1.82, 2.24) is 15.1 Å². The van der Waals surface area contributed by atoms with Gasteiger partial charge in [0.25, 0.3) is 0 Å². The fraction of sp³-hybridized carbons (Fsp3) is 0.529. The van der Waals surface area contributed by atoms with Gasteiger partial charge in [-0.15, -0.1) is 0 Å². The molecule has 124 valence electrons. The van der Waals surface area contributed by atoms with Crippen molar-refractivity contribution in [3.05, 3.63) is 41.6 Å². The number of carbonyl (C=O) groups is 1. The van der Waals surface area contributed by atoms with E-state index in [2.05, 4.69) is 10.4 Å². The van der Waals surface area contributed by atoms with Gasteiger partial charge in [0.05, 0.1) is 12.2 Å². The molecule has 0 aromatic carbocycles. The van der Waals surface area contributed by atoms with Crippen molar-refractivity contribution in [2.75, 3.05) is 6.61 Å². The number of amides is 1. The minimum Gasteiger partial charge on any atom is -0.466 e. The molecule has 2 atom stereocenters. The van der Waals surface area contributed by atoms with E-state index >= 15 is 0 Å². The van der Waals surface area contributed by atoms with Crippen LogP contribution in [0.1, 0.15) is 42.5 Å². The first-order valence-electron chi connectivity index (χ1n) is 8.06. The van der Waals surface area contributed by atoms with E-state index in [1.165, 1.54) is 0 Å². The predicted octanol–water partition coefficient (Wildman–Crippen LogP) is 2.29. The molecule has 0 spiro atoms. The number of furan rings is 1. The zero-order valence-electron chi connectivity index (χ0n) is 13.6. The van der Waals surface area contributed by atoms with E-state index in [1.807, 2.05) is 32.3 Å². The van der Waals surface area contributed by atoms with Crippen LogP contribution in [0.3, 0.4) is 0 Å². The molecule has 1 saturated heterocycles. The van der Waals surface area contributed by atoms with Crippen molar-refractivity contribution in [3.8, 4) is 0 Å². The Morgan fingerprint density at radius 2 is 2.35 bits per heavy atom. The van der Waals surface area contributed by atoms with Crippen LogP contribution in [-0.4, -0.2) is 28.3 Å². The summed E-state index contributed by atoms with van der Waals surface area (Å²) in [5.74, 6) is 1.75. The third-order valence-electron chi connectivity index (χ3n) is 4.12. The molecule has 3 heterocycles. The van der Waals surface area contributed by atoms with E-state index in [9.17, 15) is 4.79 Å². The fourth-order valence-corrected chi connectivity index (χ4v) is 2.98. The molecule has 23 heavy (non-hydrogen) atoms. The Labute approximate surface area is 135 Å². The molecule has 6 nitrogen and oxygen atoms in total. The van der Waals surface area contributed by atoms with Gasteiger partial charge >= 0.3 is 0 Å². The topological polar surface area (TPSA) is 69.3 Å². The van der Waals surface area contributed by atoms with Gasteiger partial charge in [-0.05, 0) is 31.9 Å². The molecule has 6 heteroatoms. The van der Waals surface area contributed by atoms with Crippen LogP contribution in [-0.2, 0) is 23.0 Å². The molecule has 0 saturated carbocycles. The van der Waals surface area contributed by atoms with E-state index < -0.39 is 0 Å². The Bertz CT molecular complexity index is 662. The summed E-state index contributed by atoms with van der Waals surface area (Å²) in [5.41, 5.74) is 1.01. The lowest BCUT2D eigenvalue weighted by Gasteiger charge is -2.31. The van der Waals surface area contributed by atoms with Crippen LogP contribution in [0.2, 0.25) is 0 Å². The van der Waals surface area contributed by atoms with Crippen LogP contribution in [0.25, 0.3) is 0 Å². The van der Waals surface area contributed by atoms with Gasteiger partial charge in [-0.2, -0.15) is 5.10 Å². The first-order chi connectivity index (χ1) is 11.1. The number of hydrogen-bond acceptors (Lipinski definition) is 4. The minimum absolute atomic E-state index is 0.00112. The van der Waals surface area contributed by atoms with E-state index in [0.29, 0.717) is 12.8 Å². The smallest absolute Gasteiger partial charge is 0.220 e. The molecule has 0 aliphatic carbocycles. The Balaban J connectivity index is 1.57. The molecule has 2 aromatic rings. The Morgan fingerprint density at radius 3 is 3.04 bits per heavy atom.